The minimum absolute atomic E-state index is 0.146. The first-order valence-corrected chi connectivity index (χ1v) is 10.4. The summed E-state index contributed by atoms with van der Waals surface area (Å²) >= 11 is 0. The Kier molecular flexibility index (Phi) is 7.68. The molecule has 0 aromatic heterocycles. The van der Waals surface area contributed by atoms with E-state index in [1.54, 1.807) is 0 Å². The highest BCUT2D eigenvalue weighted by Crippen LogP contribution is 2.28. The number of rotatable bonds is 8. The number of esters is 1. The van der Waals surface area contributed by atoms with Gasteiger partial charge < -0.3 is 15.4 Å². The van der Waals surface area contributed by atoms with Crippen LogP contribution in [-0.2, 0) is 20.7 Å². The van der Waals surface area contributed by atoms with Crippen molar-refractivity contribution >= 4 is 17.6 Å². The highest BCUT2D eigenvalue weighted by molar-refractivity contribution is 5.89. The maximum atomic E-state index is 13.3. The number of carbonyl (C=O) groups is 2. The zero-order valence-corrected chi connectivity index (χ0v) is 17.0. The molecule has 1 aliphatic rings. The van der Waals surface area contributed by atoms with Crippen molar-refractivity contribution in [1.29, 1.82) is 0 Å². The zero-order valence-electron chi connectivity index (χ0n) is 17.0. The first kappa shape index (κ1) is 20.9. The van der Waals surface area contributed by atoms with E-state index in [1.807, 2.05) is 60.7 Å². The number of benzene rings is 2. The minimum atomic E-state index is -0.710. The van der Waals surface area contributed by atoms with Crippen LogP contribution in [0.25, 0.3) is 0 Å². The van der Waals surface area contributed by atoms with Crippen LogP contribution in [-0.4, -0.2) is 31.1 Å². The highest BCUT2D eigenvalue weighted by Gasteiger charge is 2.32. The van der Waals surface area contributed by atoms with Gasteiger partial charge in [0, 0.05) is 12.1 Å². The SMILES string of the molecule is COC(=O)[C@H](Cc1ccccc1)NC(=O)C(Nc1ccccc1)C1CCCCC1. The van der Waals surface area contributed by atoms with Gasteiger partial charge in [-0.1, -0.05) is 67.8 Å². The van der Waals surface area contributed by atoms with Crippen LogP contribution in [0, 0.1) is 5.92 Å². The third-order valence-corrected chi connectivity index (χ3v) is 5.58. The fourth-order valence-corrected chi connectivity index (χ4v) is 4.03. The van der Waals surface area contributed by atoms with Gasteiger partial charge in [-0.05, 0) is 36.5 Å². The van der Waals surface area contributed by atoms with Gasteiger partial charge in [-0.3, -0.25) is 4.79 Å². The van der Waals surface area contributed by atoms with E-state index in [-0.39, 0.29) is 17.9 Å². The fraction of sp³-hybridized carbons (Fsp3) is 0.417. The maximum Gasteiger partial charge on any atom is 0.328 e. The standard InChI is InChI=1S/C24H30N2O3/c1-29-24(28)21(17-18-11-5-2-6-12-18)26-23(27)22(19-13-7-3-8-14-19)25-20-15-9-4-10-16-20/h2,4-6,9-12,15-16,19,21-22,25H,3,7-8,13-14,17H2,1H3,(H,26,27)/t21-,22?/m0/s1. The number of methoxy groups -OCH3 is 1. The Hall–Kier alpha value is -2.82. The molecule has 154 valence electrons. The van der Waals surface area contributed by atoms with E-state index >= 15 is 0 Å². The average Bonchev–Trinajstić information content (AvgIpc) is 2.78. The second-order valence-electron chi connectivity index (χ2n) is 7.66. The lowest BCUT2D eigenvalue weighted by molar-refractivity contribution is -0.145. The molecule has 1 fully saturated rings. The molecule has 0 spiro atoms. The monoisotopic (exact) mass is 394 g/mol. The molecule has 0 radical (unpaired) electrons. The topological polar surface area (TPSA) is 67.4 Å². The Balaban J connectivity index is 1.75. The van der Waals surface area contributed by atoms with Crippen molar-refractivity contribution in [3.8, 4) is 0 Å². The quantitative estimate of drug-likeness (QED) is 0.666. The third kappa shape index (κ3) is 6.08. The number of nitrogens with one attached hydrogen (secondary N) is 2. The van der Waals surface area contributed by atoms with E-state index in [0.29, 0.717) is 6.42 Å². The molecular formula is C24H30N2O3. The van der Waals surface area contributed by atoms with Crippen molar-refractivity contribution in [2.75, 3.05) is 12.4 Å². The molecule has 3 rings (SSSR count). The number of carbonyl (C=O) groups excluding carboxylic acids is 2. The fourth-order valence-electron chi connectivity index (χ4n) is 4.03. The van der Waals surface area contributed by atoms with E-state index in [0.717, 1.165) is 36.9 Å². The van der Waals surface area contributed by atoms with Crippen LogP contribution >= 0.6 is 0 Å². The number of hydrogen-bond donors (Lipinski definition) is 2. The smallest absolute Gasteiger partial charge is 0.328 e. The Labute approximate surface area is 172 Å². The average molecular weight is 395 g/mol. The van der Waals surface area contributed by atoms with Crippen molar-refractivity contribution in [3.63, 3.8) is 0 Å². The van der Waals surface area contributed by atoms with Crippen LogP contribution in [0.4, 0.5) is 5.69 Å². The van der Waals surface area contributed by atoms with Gasteiger partial charge in [0.2, 0.25) is 5.91 Å². The predicted octanol–water partition coefficient (Wildman–Crippen LogP) is 3.95. The lowest BCUT2D eigenvalue weighted by atomic mass is 9.83. The van der Waals surface area contributed by atoms with Gasteiger partial charge >= 0.3 is 5.97 Å². The zero-order chi connectivity index (χ0) is 20.5. The van der Waals surface area contributed by atoms with E-state index in [9.17, 15) is 9.59 Å². The largest absolute Gasteiger partial charge is 0.467 e. The van der Waals surface area contributed by atoms with E-state index in [1.165, 1.54) is 13.5 Å². The predicted molar refractivity (Wildman–Crippen MR) is 115 cm³/mol. The van der Waals surface area contributed by atoms with Crippen molar-refractivity contribution in [3.05, 3.63) is 66.2 Å². The summed E-state index contributed by atoms with van der Waals surface area (Å²) in [6, 6.07) is 18.4. The summed E-state index contributed by atoms with van der Waals surface area (Å²) in [5.74, 6) is -0.324. The second kappa shape index (κ2) is 10.6. The van der Waals surface area contributed by atoms with E-state index in [4.69, 9.17) is 4.74 Å². The molecule has 1 unspecified atom stereocenters. The Morgan fingerprint density at radius 2 is 1.59 bits per heavy atom. The third-order valence-electron chi connectivity index (χ3n) is 5.58. The molecular weight excluding hydrogens is 364 g/mol. The molecule has 2 aromatic carbocycles. The number of anilines is 1. The van der Waals surface area contributed by atoms with Crippen molar-refractivity contribution in [2.24, 2.45) is 5.92 Å². The van der Waals surface area contributed by atoms with Gasteiger partial charge in [-0.2, -0.15) is 0 Å². The molecule has 1 aliphatic carbocycles. The van der Waals surface area contributed by atoms with Gasteiger partial charge in [0.25, 0.3) is 0 Å². The Bertz CT molecular complexity index is 773. The van der Waals surface area contributed by atoms with E-state index < -0.39 is 12.0 Å². The lowest BCUT2D eigenvalue weighted by Gasteiger charge is -2.31. The lowest BCUT2D eigenvalue weighted by Crippen LogP contribution is -2.51. The number of hydrogen-bond acceptors (Lipinski definition) is 4. The molecule has 0 saturated heterocycles. The van der Waals surface area contributed by atoms with Crippen LogP contribution in [0.1, 0.15) is 37.7 Å². The van der Waals surface area contributed by atoms with Crippen LogP contribution in [0.15, 0.2) is 60.7 Å². The molecule has 5 heteroatoms. The molecule has 0 heterocycles. The molecule has 1 amide bonds. The maximum absolute atomic E-state index is 13.3. The summed E-state index contributed by atoms with van der Waals surface area (Å²) < 4.78 is 4.95. The summed E-state index contributed by atoms with van der Waals surface area (Å²) in [7, 11) is 1.35. The van der Waals surface area contributed by atoms with Crippen LogP contribution in [0.2, 0.25) is 0 Å². The highest BCUT2D eigenvalue weighted by atomic mass is 16.5. The van der Waals surface area contributed by atoms with Gasteiger partial charge in [0.1, 0.15) is 12.1 Å². The molecule has 5 nitrogen and oxygen atoms in total. The molecule has 0 bridgehead atoms. The summed E-state index contributed by atoms with van der Waals surface area (Å²) in [6.07, 6.45) is 5.92. The molecule has 2 N–H and O–H groups in total. The minimum Gasteiger partial charge on any atom is -0.467 e. The first-order chi connectivity index (χ1) is 14.2. The van der Waals surface area contributed by atoms with Gasteiger partial charge in [0.15, 0.2) is 0 Å². The molecule has 2 atom stereocenters. The van der Waals surface area contributed by atoms with Crippen molar-refractivity contribution in [1.82, 2.24) is 5.32 Å². The van der Waals surface area contributed by atoms with Gasteiger partial charge in [-0.15, -0.1) is 0 Å². The number of amides is 1. The second-order valence-corrected chi connectivity index (χ2v) is 7.66. The summed E-state index contributed by atoms with van der Waals surface area (Å²) in [6.45, 7) is 0. The molecule has 29 heavy (non-hydrogen) atoms. The molecule has 0 aliphatic heterocycles. The van der Waals surface area contributed by atoms with Crippen LogP contribution < -0.4 is 10.6 Å². The Morgan fingerprint density at radius 3 is 2.21 bits per heavy atom. The normalized spacial score (nSPS) is 16.4. The number of ether oxygens (including phenoxy) is 1. The van der Waals surface area contributed by atoms with Crippen LogP contribution in [0.5, 0.6) is 0 Å². The summed E-state index contributed by atoms with van der Waals surface area (Å²) in [5.41, 5.74) is 1.89. The van der Waals surface area contributed by atoms with Crippen LogP contribution in [0.3, 0.4) is 0 Å². The van der Waals surface area contributed by atoms with Crippen molar-refractivity contribution in [2.45, 2.75) is 50.6 Å². The summed E-state index contributed by atoms with van der Waals surface area (Å²) in [4.78, 5) is 25.6. The van der Waals surface area contributed by atoms with Gasteiger partial charge in [0.05, 0.1) is 7.11 Å². The summed E-state index contributed by atoms with van der Waals surface area (Å²) in [5, 5.41) is 6.37. The Morgan fingerprint density at radius 1 is 0.966 bits per heavy atom. The number of para-hydroxylation sites is 1. The molecule has 2 aromatic rings. The van der Waals surface area contributed by atoms with E-state index in [2.05, 4.69) is 10.6 Å². The molecule has 1 saturated carbocycles. The van der Waals surface area contributed by atoms with Crippen molar-refractivity contribution < 1.29 is 14.3 Å². The van der Waals surface area contributed by atoms with Gasteiger partial charge in [-0.25, -0.2) is 4.79 Å². The first-order valence-electron chi connectivity index (χ1n) is 10.4.